The number of hydrogen-bond donors (Lipinski definition) is 2. The van der Waals surface area contributed by atoms with E-state index in [-0.39, 0.29) is 0 Å². The first-order chi connectivity index (χ1) is 7.42. The molecule has 2 rings (SSSR count). The molecule has 2 aromatic rings. The molecule has 0 atom stereocenters. The Kier molecular flexibility index (Phi) is 3.69. The highest BCUT2D eigenvalue weighted by molar-refractivity contribution is 7.98. The SMILES string of the molecule is CSCCNCc1cccc2[nH]ccc12. The van der Waals surface area contributed by atoms with Crippen LogP contribution in [0.4, 0.5) is 0 Å². The van der Waals surface area contributed by atoms with Crippen molar-refractivity contribution < 1.29 is 0 Å². The first-order valence-corrected chi connectivity index (χ1v) is 6.56. The Balaban J connectivity index is 2.04. The zero-order valence-corrected chi connectivity index (χ0v) is 9.73. The molecule has 1 aromatic heterocycles. The van der Waals surface area contributed by atoms with Crippen molar-refractivity contribution in [1.82, 2.24) is 10.3 Å². The summed E-state index contributed by atoms with van der Waals surface area (Å²) in [5.74, 6) is 1.17. The van der Waals surface area contributed by atoms with E-state index in [9.17, 15) is 0 Å². The van der Waals surface area contributed by atoms with Gasteiger partial charge in [0.1, 0.15) is 0 Å². The number of aromatic amines is 1. The van der Waals surface area contributed by atoms with Crippen LogP contribution < -0.4 is 5.32 Å². The minimum absolute atomic E-state index is 0.954. The van der Waals surface area contributed by atoms with Crippen LogP contribution in [0.1, 0.15) is 5.56 Å². The lowest BCUT2D eigenvalue weighted by Gasteiger charge is -2.05. The molecule has 0 bridgehead atoms. The lowest BCUT2D eigenvalue weighted by molar-refractivity contribution is 0.736. The molecule has 0 aliphatic carbocycles. The van der Waals surface area contributed by atoms with Gasteiger partial charge in [-0.15, -0.1) is 0 Å². The Bertz CT molecular complexity index is 422. The summed E-state index contributed by atoms with van der Waals surface area (Å²) in [7, 11) is 0. The van der Waals surface area contributed by atoms with E-state index in [4.69, 9.17) is 0 Å². The molecule has 0 amide bonds. The molecule has 0 fully saturated rings. The Morgan fingerprint density at radius 3 is 3.13 bits per heavy atom. The standard InChI is InChI=1S/C12H16N2S/c1-15-8-7-13-9-10-3-2-4-12-11(10)5-6-14-12/h2-6,13-14H,7-9H2,1H3. The van der Waals surface area contributed by atoms with Gasteiger partial charge in [0.15, 0.2) is 0 Å². The van der Waals surface area contributed by atoms with Crippen molar-refractivity contribution in [3.63, 3.8) is 0 Å². The van der Waals surface area contributed by atoms with Crippen LogP contribution in [-0.4, -0.2) is 23.5 Å². The van der Waals surface area contributed by atoms with Crippen LogP contribution >= 0.6 is 11.8 Å². The molecule has 0 saturated carbocycles. The maximum atomic E-state index is 3.45. The molecule has 0 aliphatic rings. The summed E-state index contributed by atoms with van der Waals surface area (Å²) in [5, 5.41) is 4.78. The molecule has 0 aliphatic heterocycles. The number of H-pyrrole nitrogens is 1. The molecule has 2 nitrogen and oxygen atoms in total. The van der Waals surface area contributed by atoms with Gasteiger partial charge in [-0.3, -0.25) is 0 Å². The van der Waals surface area contributed by atoms with Crippen molar-refractivity contribution in [2.45, 2.75) is 6.54 Å². The lowest BCUT2D eigenvalue weighted by Crippen LogP contribution is -2.16. The van der Waals surface area contributed by atoms with Gasteiger partial charge >= 0.3 is 0 Å². The predicted octanol–water partition coefficient (Wildman–Crippen LogP) is 2.62. The number of thioether (sulfide) groups is 1. The van der Waals surface area contributed by atoms with Crippen molar-refractivity contribution in [2.24, 2.45) is 0 Å². The average molecular weight is 220 g/mol. The van der Waals surface area contributed by atoms with Crippen molar-refractivity contribution in [1.29, 1.82) is 0 Å². The Labute approximate surface area is 94.5 Å². The molecule has 0 spiro atoms. The number of fused-ring (bicyclic) bond motifs is 1. The third kappa shape index (κ3) is 2.55. The summed E-state index contributed by atoms with van der Waals surface area (Å²) >= 11 is 1.87. The van der Waals surface area contributed by atoms with Crippen molar-refractivity contribution in [2.75, 3.05) is 18.6 Å². The van der Waals surface area contributed by atoms with Gasteiger partial charge in [-0.25, -0.2) is 0 Å². The Morgan fingerprint density at radius 2 is 2.27 bits per heavy atom. The molecule has 15 heavy (non-hydrogen) atoms. The van der Waals surface area contributed by atoms with Crippen LogP contribution in [0.15, 0.2) is 30.5 Å². The minimum Gasteiger partial charge on any atom is -0.361 e. The monoisotopic (exact) mass is 220 g/mol. The molecule has 80 valence electrons. The van der Waals surface area contributed by atoms with Crippen LogP contribution in [-0.2, 0) is 6.54 Å². The minimum atomic E-state index is 0.954. The second-order valence-corrected chi connectivity index (χ2v) is 4.51. The summed E-state index contributed by atoms with van der Waals surface area (Å²) in [6.45, 7) is 2.03. The molecule has 1 aromatic carbocycles. The maximum Gasteiger partial charge on any atom is 0.0457 e. The van der Waals surface area contributed by atoms with E-state index in [2.05, 4.69) is 40.8 Å². The normalized spacial score (nSPS) is 11.0. The average Bonchev–Trinajstić information content (AvgIpc) is 2.73. The van der Waals surface area contributed by atoms with Crippen LogP contribution in [0.25, 0.3) is 10.9 Å². The van der Waals surface area contributed by atoms with E-state index in [0.29, 0.717) is 0 Å². The third-order valence-electron chi connectivity index (χ3n) is 2.48. The van der Waals surface area contributed by atoms with Gasteiger partial charge in [0.25, 0.3) is 0 Å². The van der Waals surface area contributed by atoms with Gasteiger partial charge in [-0.05, 0) is 24.0 Å². The van der Waals surface area contributed by atoms with Crippen LogP contribution in [0.3, 0.4) is 0 Å². The first-order valence-electron chi connectivity index (χ1n) is 5.16. The largest absolute Gasteiger partial charge is 0.361 e. The highest BCUT2D eigenvalue weighted by Gasteiger charge is 2.00. The first kappa shape index (κ1) is 10.6. The molecule has 0 unspecified atom stereocenters. The van der Waals surface area contributed by atoms with Crippen LogP contribution in [0.2, 0.25) is 0 Å². The van der Waals surface area contributed by atoms with E-state index < -0.39 is 0 Å². The van der Waals surface area contributed by atoms with Crippen LogP contribution in [0.5, 0.6) is 0 Å². The fraction of sp³-hybridized carbons (Fsp3) is 0.333. The molecular formula is C12H16N2S. The number of benzene rings is 1. The quantitative estimate of drug-likeness (QED) is 0.758. The third-order valence-corrected chi connectivity index (χ3v) is 3.10. The molecular weight excluding hydrogens is 204 g/mol. The zero-order valence-electron chi connectivity index (χ0n) is 8.92. The topological polar surface area (TPSA) is 27.8 Å². The van der Waals surface area contributed by atoms with E-state index in [1.807, 2.05) is 18.0 Å². The molecule has 0 radical (unpaired) electrons. The Hall–Kier alpha value is -0.930. The molecule has 1 heterocycles. The van der Waals surface area contributed by atoms with E-state index in [0.717, 1.165) is 13.1 Å². The summed E-state index contributed by atoms with van der Waals surface area (Å²) in [6, 6.07) is 8.54. The van der Waals surface area contributed by atoms with Crippen molar-refractivity contribution in [3.8, 4) is 0 Å². The highest BCUT2D eigenvalue weighted by Crippen LogP contribution is 2.16. The van der Waals surface area contributed by atoms with E-state index >= 15 is 0 Å². The maximum absolute atomic E-state index is 3.45. The van der Waals surface area contributed by atoms with Crippen molar-refractivity contribution in [3.05, 3.63) is 36.0 Å². The van der Waals surface area contributed by atoms with E-state index in [1.165, 1.54) is 22.2 Å². The molecule has 0 saturated heterocycles. The second-order valence-electron chi connectivity index (χ2n) is 3.53. The van der Waals surface area contributed by atoms with Gasteiger partial charge in [0, 0.05) is 35.9 Å². The number of aromatic nitrogens is 1. The fourth-order valence-electron chi connectivity index (χ4n) is 1.70. The van der Waals surface area contributed by atoms with Gasteiger partial charge in [-0.2, -0.15) is 11.8 Å². The smallest absolute Gasteiger partial charge is 0.0457 e. The molecule has 2 N–H and O–H groups in total. The molecule has 3 heteroatoms. The predicted molar refractivity (Wildman–Crippen MR) is 68.4 cm³/mol. The lowest BCUT2D eigenvalue weighted by atomic mass is 10.1. The van der Waals surface area contributed by atoms with Gasteiger partial charge in [0.2, 0.25) is 0 Å². The van der Waals surface area contributed by atoms with Gasteiger partial charge in [0.05, 0.1) is 0 Å². The highest BCUT2D eigenvalue weighted by atomic mass is 32.2. The van der Waals surface area contributed by atoms with Crippen LogP contribution in [0, 0.1) is 0 Å². The summed E-state index contributed by atoms with van der Waals surface area (Å²) in [4.78, 5) is 3.23. The number of hydrogen-bond acceptors (Lipinski definition) is 2. The number of nitrogens with one attached hydrogen (secondary N) is 2. The zero-order chi connectivity index (χ0) is 10.5. The van der Waals surface area contributed by atoms with Crippen molar-refractivity contribution >= 4 is 22.7 Å². The van der Waals surface area contributed by atoms with Gasteiger partial charge < -0.3 is 10.3 Å². The van der Waals surface area contributed by atoms with E-state index in [1.54, 1.807) is 0 Å². The summed E-state index contributed by atoms with van der Waals surface area (Å²) in [5.41, 5.74) is 2.59. The Morgan fingerprint density at radius 1 is 1.33 bits per heavy atom. The van der Waals surface area contributed by atoms with Gasteiger partial charge in [-0.1, -0.05) is 12.1 Å². The summed E-state index contributed by atoms with van der Waals surface area (Å²) < 4.78 is 0. The fourth-order valence-corrected chi connectivity index (χ4v) is 2.05. The second kappa shape index (κ2) is 5.24. The number of rotatable bonds is 5. The summed E-state index contributed by atoms with van der Waals surface area (Å²) in [6.07, 6.45) is 4.13.